The number of nitrogens with zero attached hydrogens (tertiary/aromatic N) is 1. The largest absolute Gasteiger partial charge is 0.573 e. The molecule has 1 aromatic carbocycles. The number of benzene rings is 1. The molecular formula is C8H4BrF3N2O. The maximum Gasteiger partial charge on any atom is 0.573 e. The molecule has 0 aliphatic carbocycles. The Morgan fingerprint density at radius 2 is 2.00 bits per heavy atom. The lowest BCUT2D eigenvalue weighted by atomic mass is 10.2. The lowest BCUT2D eigenvalue weighted by molar-refractivity contribution is -0.274. The summed E-state index contributed by atoms with van der Waals surface area (Å²) in [4.78, 5) is 0. The summed E-state index contributed by atoms with van der Waals surface area (Å²) >= 11 is 2.82. The number of nitrogen functional groups attached to an aromatic ring is 1. The molecule has 0 aliphatic rings. The van der Waals surface area contributed by atoms with Gasteiger partial charge in [0.05, 0.1) is 15.7 Å². The van der Waals surface area contributed by atoms with Crippen molar-refractivity contribution in [2.24, 2.45) is 0 Å². The second-order valence-electron chi connectivity index (χ2n) is 2.50. The topological polar surface area (TPSA) is 59.0 Å². The molecule has 0 aromatic heterocycles. The molecule has 0 unspecified atom stereocenters. The molecule has 1 aromatic rings. The number of nitriles is 1. The van der Waals surface area contributed by atoms with Crippen LogP contribution in [0.15, 0.2) is 16.6 Å². The highest BCUT2D eigenvalue weighted by atomic mass is 79.9. The zero-order valence-electron chi connectivity index (χ0n) is 7.10. The van der Waals surface area contributed by atoms with E-state index >= 15 is 0 Å². The summed E-state index contributed by atoms with van der Waals surface area (Å²) in [5.41, 5.74) is 5.37. The van der Waals surface area contributed by atoms with E-state index in [-0.39, 0.29) is 15.7 Å². The molecule has 0 saturated heterocycles. The first kappa shape index (κ1) is 11.7. The monoisotopic (exact) mass is 280 g/mol. The van der Waals surface area contributed by atoms with E-state index < -0.39 is 12.1 Å². The maximum atomic E-state index is 11.9. The molecule has 0 spiro atoms. The summed E-state index contributed by atoms with van der Waals surface area (Å²) in [6.07, 6.45) is -4.80. The quantitative estimate of drug-likeness (QED) is 0.805. The molecule has 0 amide bonds. The summed E-state index contributed by atoms with van der Waals surface area (Å²) in [7, 11) is 0. The van der Waals surface area contributed by atoms with Crippen LogP contribution in [0.3, 0.4) is 0 Å². The third-order valence-corrected chi connectivity index (χ3v) is 2.26. The lowest BCUT2D eigenvalue weighted by Gasteiger charge is -2.11. The molecule has 0 saturated carbocycles. The molecule has 0 heterocycles. The van der Waals surface area contributed by atoms with Crippen LogP contribution >= 0.6 is 15.9 Å². The van der Waals surface area contributed by atoms with Crippen LogP contribution in [0.4, 0.5) is 18.9 Å². The summed E-state index contributed by atoms with van der Waals surface area (Å²) in [6.45, 7) is 0. The van der Waals surface area contributed by atoms with Crippen LogP contribution in [0.25, 0.3) is 0 Å². The van der Waals surface area contributed by atoms with Gasteiger partial charge in [0.15, 0.2) is 0 Å². The number of hydrogen-bond acceptors (Lipinski definition) is 3. The van der Waals surface area contributed by atoms with Crippen LogP contribution in [0.2, 0.25) is 0 Å². The van der Waals surface area contributed by atoms with E-state index in [4.69, 9.17) is 11.0 Å². The molecule has 0 radical (unpaired) electrons. The van der Waals surface area contributed by atoms with E-state index in [2.05, 4.69) is 20.7 Å². The third kappa shape index (κ3) is 2.76. The number of hydrogen-bond donors (Lipinski definition) is 1. The summed E-state index contributed by atoms with van der Waals surface area (Å²) in [6, 6.07) is 3.88. The number of halogens is 4. The minimum absolute atomic E-state index is 0.0823. The average Bonchev–Trinajstić information content (AvgIpc) is 2.09. The highest BCUT2D eigenvalue weighted by Gasteiger charge is 2.32. The second kappa shape index (κ2) is 3.98. The van der Waals surface area contributed by atoms with E-state index in [1.807, 2.05) is 0 Å². The number of alkyl halides is 3. The fraction of sp³-hybridized carbons (Fsp3) is 0.125. The smallest absolute Gasteiger partial charge is 0.405 e. The summed E-state index contributed by atoms with van der Waals surface area (Å²) in [5.74, 6) is -0.492. The molecule has 2 N–H and O–H groups in total. The molecule has 0 fully saturated rings. The Morgan fingerprint density at radius 3 is 2.47 bits per heavy atom. The van der Waals surface area contributed by atoms with Gasteiger partial charge in [0.25, 0.3) is 0 Å². The highest BCUT2D eigenvalue weighted by Crippen LogP contribution is 2.35. The molecule has 7 heteroatoms. The van der Waals surface area contributed by atoms with E-state index in [0.29, 0.717) is 0 Å². The number of nitrogens with two attached hydrogens (primary N) is 1. The Hall–Kier alpha value is -1.42. The molecule has 1 rings (SSSR count). The standard InChI is InChI=1S/C8H4BrF3N2O/c9-7-4(3-13)5(14)1-2-6(7)15-8(10,11)12/h1-2H,14H2. The van der Waals surface area contributed by atoms with Gasteiger partial charge in [0, 0.05) is 0 Å². The number of ether oxygens (including phenoxy) is 1. The van der Waals surface area contributed by atoms with Crippen molar-refractivity contribution >= 4 is 21.6 Å². The Morgan fingerprint density at radius 1 is 1.40 bits per heavy atom. The van der Waals surface area contributed by atoms with Gasteiger partial charge in [-0.3, -0.25) is 0 Å². The Kier molecular flexibility index (Phi) is 3.09. The minimum atomic E-state index is -4.80. The van der Waals surface area contributed by atoms with Crippen molar-refractivity contribution in [2.75, 3.05) is 5.73 Å². The van der Waals surface area contributed by atoms with Gasteiger partial charge in [0.1, 0.15) is 11.8 Å². The van der Waals surface area contributed by atoms with Crippen molar-refractivity contribution in [1.29, 1.82) is 5.26 Å². The van der Waals surface area contributed by atoms with E-state index in [0.717, 1.165) is 6.07 Å². The second-order valence-corrected chi connectivity index (χ2v) is 3.29. The van der Waals surface area contributed by atoms with Crippen LogP contribution in [0.1, 0.15) is 5.56 Å². The first-order chi connectivity index (χ1) is 6.85. The first-order valence-corrected chi connectivity index (χ1v) is 4.38. The normalized spacial score (nSPS) is 10.9. The Bertz CT molecular complexity index is 425. The van der Waals surface area contributed by atoms with Gasteiger partial charge in [-0.2, -0.15) is 5.26 Å². The molecule has 80 valence electrons. The van der Waals surface area contributed by atoms with Crippen LogP contribution in [-0.4, -0.2) is 6.36 Å². The van der Waals surface area contributed by atoms with E-state index in [9.17, 15) is 13.2 Å². The Balaban J connectivity index is 3.18. The van der Waals surface area contributed by atoms with Gasteiger partial charge < -0.3 is 10.5 Å². The van der Waals surface area contributed by atoms with Gasteiger partial charge in [0.2, 0.25) is 0 Å². The van der Waals surface area contributed by atoms with Crippen molar-refractivity contribution in [3.63, 3.8) is 0 Å². The highest BCUT2D eigenvalue weighted by molar-refractivity contribution is 9.10. The zero-order valence-corrected chi connectivity index (χ0v) is 8.69. The van der Waals surface area contributed by atoms with Crippen LogP contribution < -0.4 is 10.5 Å². The van der Waals surface area contributed by atoms with Gasteiger partial charge in [-0.05, 0) is 28.1 Å². The lowest BCUT2D eigenvalue weighted by Crippen LogP contribution is -2.17. The average molecular weight is 281 g/mol. The summed E-state index contributed by atoms with van der Waals surface area (Å²) < 4.78 is 39.3. The minimum Gasteiger partial charge on any atom is -0.405 e. The van der Waals surface area contributed by atoms with Gasteiger partial charge in [-0.15, -0.1) is 13.2 Å². The van der Waals surface area contributed by atoms with Crippen LogP contribution in [0.5, 0.6) is 5.75 Å². The third-order valence-electron chi connectivity index (χ3n) is 1.48. The SMILES string of the molecule is N#Cc1c(N)ccc(OC(F)(F)F)c1Br. The fourth-order valence-electron chi connectivity index (χ4n) is 0.889. The van der Waals surface area contributed by atoms with Gasteiger partial charge >= 0.3 is 6.36 Å². The Labute approximate surface area is 91.4 Å². The van der Waals surface area contributed by atoms with Crippen molar-refractivity contribution in [3.8, 4) is 11.8 Å². The van der Waals surface area contributed by atoms with Crippen LogP contribution in [-0.2, 0) is 0 Å². The molecule has 0 aliphatic heterocycles. The molecule has 0 atom stereocenters. The molecule has 15 heavy (non-hydrogen) atoms. The molecule has 3 nitrogen and oxygen atoms in total. The first-order valence-electron chi connectivity index (χ1n) is 3.59. The fourth-order valence-corrected chi connectivity index (χ4v) is 1.42. The predicted octanol–water partition coefficient (Wildman–Crippen LogP) is 2.80. The van der Waals surface area contributed by atoms with Crippen molar-refractivity contribution < 1.29 is 17.9 Å². The van der Waals surface area contributed by atoms with Gasteiger partial charge in [-0.1, -0.05) is 0 Å². The number of rotatable bonds is 1. The van der Waals surface area contributed by atoms with Crippen molar-refractivity contribution in [2.45, 2.75) is 6.36 Å². The van der Waals surface area contributed by atoms with Crippen molar-refractivity contribution in [1.82, 2.24) is 0 Å². The van der Waals surface area contributed by atoms with E-state index in [1.54, 1.807) is 6.07 Å². The van der Waals surface area contributed by atoms with E-state index in [1.165, 1.54) is 6.07 Å². The van der Waals surface area contributed by atoms with Crippen LogP contribution in [0, 0.1) is 11.3 Å². The molecular weight excluding hydrogens is 277 g/mol. The van der Waals surface area contributed by atoms with Gasteiger partial charge in [-0.25, -0.2) is 0 Å². The zero-order chi connectivity index (χ0) is 11.6. The molecule has 0 bridgehead atoms. The summed E-state index contributed by atoms with van der Waals surface area (Å²) in [5, 5.41) is 8.63. The maximum absolute atomic E-state index is 11.9. The van der Waals surface area contributed by atoms with Crippen molar-refractivity contribution in [3.05, 3.63) is 22.2 Å². The number of anilines is 1. The predicted molar refractivity (Wildman–Crippen MR) is 50.0 cm³/mol.